The molecule has 0 aromatic carbocycles. The lowest BCUT2D eigenvalue weighted by molar-refractivity contribution is -0.143. The van der Waals surface area contributed by atoms with Gasteiger partial charge in [-0.05, 0) is 27.4 Å². The number of ketones is 1. The first kappa shape index (κ1) is 12.7. The SMILES string of the molecule is O=C(CCC(F)(F)F)Cc1sccc1Br. The van der Waals surface area contributed by atoms with Gasteiger partial charge >= 0.3 is 6.18 Å². The minimum atomic E-state index is -4.25. The summed E-state index contributed by atoms with van der Waals surface area (Å²) in [6.45, 7) is 0. The van der Waals surface area contributed by atoms with Gasteiger partial charge in [0, 0.05) is 22.2 Å². The van der Waals surface area contributed by atoms with Crippen LogP contribution >= 0.6 is 27.3 Å². The van der Waals surface area contributed by atoms with Crippen LogP contribution in [0.15, 0.2) is 15.9 Å². The van der Waals surface area contributed by atoms with E-state index in [4.69, 9.17) is 0 Å². The Bertz CT molecular complexity index is 345. The van der Waals surface area contributed by atoms with Crippen molar-refractivity contribution in [2.45, 2.75) is 25.4 Å². The Kier molecular flexibility index (Phi) is 4.33. The lowest BCUT2D eigenvalue weighted by Crippen LogP contribution is -2.11. The van der Waals surface area contributed by atoms with Crippen molar-refractivity contribution in [3.05, 3.63) is 20.8 Å². The van der Waals surface area contributed by atoms with E-state index in [1.807, 2.05) is 0 Å². The monoisotopic (exact) mass is 300 g/mol. The first-order valence-corrected chi connectivity index (χ1v) is 5.86. The van der Waals surface area contributed by atoms with Crippen molar-refractivity contribution < 1.29 is 18.0 Å². The second-order valence-electron chi connectivity index (χ2n) is 3.02. The average Bonchev–Trinajstić information content (AvgIpc) is 2.47. The Labute approximate surface area is 97.4 Å². The van der Waals surface area contributed by atoms with Gasteiger partial charge in [0.15, 0.2) is 0 Å². The number of hydrogen-bond acceptors (Lipinski definition) is 2. The molecule has 0 unspecified atom stereocenters. The van der Waals surface area contributed by atoms with Gasteiger partial charge in [0.2, 0.25) is 0 Å². The van der Waals surface area contributed by atoms with Crippen molar-refractivity contribution in [1.29, 1.82) is 0 Å². The molecule has 0 radical (unpaired) electrons. The number of Topliss-reactive ketones (excluding diaryl/α,β-unsaturated/α-hetero) is 1. The van der Waals surface area contributed by atoms with E-state index in [1.54, 1.807) is 11.4 Å². The Morgan fingerprint density at radius 3 is 2.60 bits per heavy atom. The van der Waals surface area contributed by atoms with Crippen molar-refractivity contribution in [2.75, 3.05) is 0 Å². The van der Waals surface area contributed by atoms with Crippen LogP contribution in [0.4, 0.5) is 13.2 Å². The van der Waals surface area contributed by atoms with Crippen LogP contribution in [-0.4, -0.2) is 12.0 Å². The highest BCUT2D eigenvalue weighted by Gasteiger charge is 2.27. The highest BCUT2D eigenvalue weighted by molar-refractivity contribution is 9.10. The smallest absolute Gasteiger partial charge is 0.299 e. The van der Waals surface area contributed by atoms with Crippen LogP contribution in [-0.2, 0) is 11.2 Å². The van der Waals surface area contributed by atoms with Gasteiger partial charge in [-0.3, -0.25) is 4.79 Å². The normalized spacial score (nSPS) is 11.7. The molecule has 0 saturated heterocycles. The summed E-state index contributed by atoms with van der Waals surface area (Å²) in [5, 5.41) is 1.79. The van der Waals surface area contributed by atoms with E-state index in [0.717, 1.165) is 9.35 Å². The molecule has 1 rings (SSSR count). The van der Waals surface area contributed by atoms with Crippen molar-refractivity contribution in [1.82, 2.24) is 0 Å². The zero-order valence-electron chi connectivity index (χ0n) is 7.60. The van der Waals surface area contributed by atoms with Crippen LogP contribution in [0.2, 0.25) is 0 Å². The van der Waals surface area contributed by atoms with Crippen molar-refractivity contribution in [2.24, 2.45) is 0 Å². The molecule has 1 nitrogen and oxygen atoms in total. The summed E-state index contributed by atoms with van der Waals surface area (Å²) < 4.78 is 36.2. The van der Waals surface area contributed by atoms with Gasteiger partial charge in [-0.25, -0.2) is 0 Å². The Morgan fingerprint density at radius 1 is 1.47 bits per heavy atom. The average molecular weight is 301 g/mol. The lowest BCUT2D eigenvalue weighted by Gasteiger charge is -2.04. The van der Waals surface area contributed by atoms with Crippen LogP contribution < -0.4 is 0 Å². The van der Waals surface area contributed by atoms with E-state index in [0.29, 0.717) is 0 Å². The van der Waals surface area contributed by atoms with E-state index < -0.39 is 19.0 Å². The van der Waals surface area contributed by atoms with Crippen LogP contribution in [0.3, 0.4) is 0 Å². The summed E-state index contributed by atoms with van der Waals surface area (Å²) in [5.74, 6) is -0.379. The number of carbonyl (C=O) groups is 1. The molecule has 1 aromatic heterocycles. The number of carbonyl (C=O) groups excluding carboxylic acids is 1. The fourth-order valence-electron chi connectivity index (χ4n) is 1.000. The molecule has 0 saturated carbocycles. The predicted molar refractivity (Wildman–Crippen MR) is 56.0 cm³/mol. The zero-order chi connectivity index (χ0) is 11.5. The molecule has 0 bridgehead atoms. The third-order valence-corrected chi connectivity index (χ3v) is 3.66. The molecule has 0 aliphatic heterocycles. The van der Waals surface area contributed by atoms with Crippen molar-refractivity contribution in [3.8, 4) is 0 Å². The molecule has 1 heterocycles. The summed E-state index contributed by atoms with van der Waals surface area (Å²) >= 11 is 4.58. The first-order valence-electron chi connectivity index (χ1n) is 4.19. The number of thiophene rings is 1. The van der Waals surface area contributed by atoms with Gasteiger partial charge in [-0.1, -0.05) is 0 Å². The summed E-state index contributed by atoms with van der Waals surface area (Å²) in [5.41, 5.74) is 0. The number of rotatable bonds is 4. The van der Waals surface area contributed by atoms with E-state index in [9.17, 15) is 18.0 Å². The Hall–Kier alpha value is -0.360. The summed E-state index contributed by atoms with van der Waals surface area (Å²) in [6, 6.07) is 1.77. The third-order valence-electron chi connectivity index (χ3n) is 1.74. The second kappa shape index (κ2) is 5.12. The molecule has 0 aliphatic rings. The van der Waals surface area contributed by atoms with E-state index >= 15 is 0 Å². The molecule has 0 N–H and O–H groups in total. The fourth-order valence-corrected chi connectivity index (χ4v) is 2.52. The topological polar surface area (TPSA) is 17.1 Å². The van der Waals surface area contributed by atoms with Gasteiger partial charge in [0.25, 0.3) is 0 Å². The molecule has 6 heteroatoms. The van der Waals surface area contributed by atoms with Crippen LogP contribution in [0.1, 0.15) is 17.7 Å². The van der Waals surface area contributed by atoms with Crippen LogP contribution in [0.25, 0.3) is 0 Å². The molecule has 84 valence electrons. The Balaban J connectivity index is 2.41. The molecule has 1 aromatic rings. The molecule has 0 aliphatic carbocycles. The van der Waals surface area contributed by atoms with Gasteiger partial charge in [-0.15, -0.1) is 11.3 Å². The van der Waals surface area contributed by atoms with E-state index in [1.165, 1.54) is 11.3 Å². The van der Waals surface area contributed by atoms with Crippen molar-refractivity contribution >= 4 is 33.0 Å². The minimum Gasteiger partial charge on any atom is -0.299 e. The van der Waals surface area contributed by atoms with Gasteiger partial charge < -0.3 is 0 Å². The standard InChI is InChI=1S/C9H8BrF3OS/c10-7-2-4-15-8(7)5-6(14)1-3-9(11,12)13/h2,4H,1,3,5H2. The van der Waals surface area contributed by atoms with E-state index in [2.05, 4.69) is 15.9 Å². The minimum absolute atomic E-state index is 0.0777. The predicted octanol–water partition coefficient (Wildman–Crippen LogP) is 3.96. The molecule has 0 amide bonds. The summed E-state index contributed by atoms with van der Waals surface area (Å²) in [4.78, 5) is 12.0. The van der Waals surface area contributed by atoms with Gasteiger partial charge in [-0.2, -0.15) is 13.2 Å². The summed E-state index contributed by atoms with van der Waals surface area (Å²) in [7, 11) is 0. The molecule has 0 atom stereocenters. The largest absolute Gasteiger partial charge is 0.389 e. The number of alkyl halides is 3. The van der Waals surface area contributed by atoms with Gasteiger partial charge in [0.05, 0.1) is 6.42 Å². The van der Waals surface area contributed by atoms with Crippen LogP contribution in [0.5, 0.6) is 0 Å². The number of hydrogen-bond donors (Lipinski definition) is 0. The maximum absolute atomic E-state index is 11.8. The zero-order valence-corrected chi connectivity index (χ0v) is 10.0. The Morgan fingerprint density at radius 2 is 2.13 bits per heavy atom. The quantitative estimate of drug-likeness (QED) is 0.822. The van der Waals surface area contributed by atoms with Crippen LogP contribution in [0, 0.1) is 0 Å². The second-order valence-corrected chi connectivity index (χ2v) is 4.88. The maximum atomic E-state index is 11.8. The van der Waals surface area contributed by atoms with Gasteiger partial charge in [0.1, 0.15) is 5.78 Å². The molecular formula is C9H8BrF3OS. The molecule has 0 spiro atoms. The third kappa shape index (κ3) is 4.79. The van der Waals surface area contributed by atoms with Crippen molar-refractivity contribution in [3.63, 3.8) is 0 Å². The molecular weight excluding hydrogens is 293 g/mol. The maximum Gasteiger partial charge on any atom is 0.389 e. The lowest BCUT2D eigenvalue weighted by atomic mass is 10.1. The first-order chi connectivity index (χ1) is 6.88. The summed E-state index contributed by atoms with van der Waals surface area (Å²) in [6.07, 6.45) is -5.64. The fraction of sp³-hybridized carbons (Fsp3) is 0.444. The molecule has 15 heavy (non-hydrogen) atoms. The highest BCUT2D eigenvalue weighted by atomic mass is 79.9. The number of halogens is 4. The van der Waals surface area contributed by atoms with E-state index in [-0.39, 0.29) is 12.2 Å². The highest BCUT2D eigenvalue weighted by Crippen LogP contribution is 2.25. The molecule has 0 fully saturated rings.